The second kappa shape index (κ2) is 10.2. The van der Waals surface area contributed by atoms with Crippen molar-refractivity contribution in [3.05, 3.63) is 164 Å². The van der Waals surface area contributed by atoms with Crippen molar-refractivity contribution in [2.45, 2.75) is 0 Å². The summed E-state index contributed by atoms with van der Waals surface area (Å²) in [4.78, 5) is 7.29. The first-order valence-electron chi connectivity index (χ1n) is 15.1. The van der Waals surface area contributed by atoms with E-state index in [9.17, 15) is 0 Å². The summed E-state index contributed by atoms with van der Waals surface area (Å²) in [5, 5.41) is 3.55. The molecule has 0 aliphatic carbocycles. The summed E-state index contributed by atoms with van der Waals surface area (Å²) in [7, 11) is 0. The standard InChI is InChI=1S/C41H27N3O/c1-2-10-30(11-3-1)43(40-27-26-39-41(42-40)35-14-6-9-17-38(35)45-39)31-22-18-28(19-23-31)29-20-24-32(25-21-29)44-36-15-7-4-12-33(36)34-13-5-8-16-37(34)44/h1-27H. The van der Waals surface area contributed by atoms with Crippen LogP contribution >= 0.6 is 0 Å². The van der Waals surface area contributed by atoms with E-state index in [4.69, 9.17) is 9.40 Å². The Morgan fingerprint density at radius 2 is 1.00 bits per heavy atom. The van der Waals surface area contributed by atoms with Crippen molar-refractivity contribution in [2.24, 2.45) is 0 Å². The molecule has 3 aromatic heterocycles. The number of para-hydroxylation sites is 4. The third-order valence-corrected chi connectivity index (χ3v) is 8.61. The van der Waals surface area contributed by atoms with E-state index in [1.165, 1.54) is 27.4 Å². The van der Waals surface area contributed by atoms with Crippen LogP contribution in [0.15, 0.2) is 168 Å². The predicted octanol–water partition coefficient (Wildman–Crippen LogP) is 11.2. The van der Waals surface area contributed by atoms with Gasteiger partial charge in [-0.3, -0.25) is 4.90 Å². The molecule has 0 radical (unpaired) electrons. The number of hydrogen-bond donors (Lipinski definition) is 0. The lowest BCUT2D eigenvalue weighted by molar-refractivity contribution is 0.668. The van der Waals surface area contributed by atoms with Crippen molar-refractivity contribution in [2.75, 3.05) is 4.90 Å². The second-order valence-corrected chi connectivity index (χ2v) is 11.2. The quantitative estimate of drug-likeness (QED) is 0.204. The molecule has 212 valence electrons. The number of rotatable bonds is 5. The number of hydrogen-bond acceptors (Lipinski definition) is 3. The van der Waals surface area contributed by atoms with Gasteiger partial charge in [0.2, 0.25) is 0 Å². The van der Waals surface area contributed by atoms with Gasteiger partial charge in [-0.1, -0.05) is 91.0 Å². The molecule has 0 aliphatic heterocycles. The Kier molecular flexibility index (Phi) is 5.78. The molecular formula is C41H27N3O. The molecule has 0 fully saturated rings. The summed E-state index contributed by atoms with van der Waals surface area (Å²) >= 11 is 0. The average molecular weight is 578 g/mol. The maximum Gasteiger partial charge on any atom is 0.154 e. The van der Waals surface area contributed by atoms with E-state index in [0.717, 1.165) is 50.5 Å². The highest BCUT2D eigenvalue weighted by Crippen LogP contribution is 2.37. The maximum absolute atomic E-state index is 6.05. The van der Waals surface area contributed by atoms with Crippen LogP contribution in [0.2, 0.25) is 0 Å². The number of nitrogens with zero attached hydrogens (tertiary/aromatic N) is 3. The first-order valence-corrected chi connectivity index (χ1v) is 15.1. The van der Waals surface area contributed by atoms with Crippen LogP contribution in [0.4, 0.5) is 17.2 Å². The molecule has 0 atom stereocenters. The Morgan fingerprint density at radius 3 is 1.69 bits per heavy atom. The molecule has 0 aliphatic rings. The first-order chi connectivity index (χ1) is 22.3. The average Bonchev–Trinajstić information content (AvgIpc) is 3.65. The lowest BCUT2D eigenvalue weighted by atomic mass is 10.0. The monoisotopic (exact) mass is 577 g/mol. The molecule has 0 unspecified atom stereocenters. The first kappa shape index (κ1) is 25.4. The Bertz CT molecular complexity index is 2420. The molecule has 4 heteroatoms. The van der Waals surface area contributed by atoms with Gasteiger partial charge in [-0.15, -0.1) is 0 Å². The van der Waals surface area contributed by atoms with E-state index in [-0.39, 0.29) is 0 Å². The Morgan fingerprint density at radius 1 is 0.444 bits per heavy atom. The maximum atomic E-state index is 6.05. The molecule has 0 spiro atoms. The highest BCUT2D eigenvalue weighted by atomic mass is 16.3. The fourth-order valence-electron chi connectivity index (χ4n) is 6.50. The van der Waals surface area contributed by atoms with Gasteiger partial charge < -0.3 is 8.98 Å². The van der Waals surface area contributed by atoms with Crippen LogP contribution in [0, 0.1) is 0 Å². The SMILES string of the molecule is c1ccc(N(c2ccc(-c3ccc(-n4c5ccccc5c5ccccc54)cc3)cc2)c2ccc3oc4ccccc4c3n2)cc1. The van der Waals surface area contributed by atoms with Crippen LogP contribution in [0.3, 0.4) is 0 Å². The Labute approximate surface area is 260 Å². The van der Waals surface area contributed by atoms with Crippen molar-refractivity contribution in [3.8, 4) is 16.8 Å². The van der Waals surface area contributed by atoms with Crippen LogP contribution in [0.5, 0.6) is 0 Å². The van der Waals surface area contributed by atoms with E-state index in [0.29, 0.717) is 0 Å². The second-order valence-electron chi connectivity index (χ2n) is 11.2. The summed E-state index contributed by atoms with van der Waals surface area (Å²) in [5.74, 6) is 0.837. The van der Waals surface area contributed by atoms with Crippen molar-refractivity contribution in [3.63, 3.8) is 0 Å². The summed E-state index contributed by atoms with van der Waals surface area (Å²) in [5.41, 5.74) is 10.5. The third kappa shape index (κ3) is 4.19. The zero-order valence-electron chi connectivity index (χ0n) is 24.3. The van der Waals surface area contributed by atoms with Gasteiger partial charge in [-0.25, -0.2) is 4.98 Å². The van der Waals surface area contributed by atoms with Crippen LogP contribution < -0.4 is 4.90 Å². The fraction of sp³-hybridized carbons (Fsp3) is 0. The zero-order chi connectivity index (χ0) is 29.7. The van der Waals surface area contributed by atoms with Gasteiger partial charge in [-0.05, 0) is 83.9 Å². The number of fused-ring (bicyclic) bond motifs is 6. The van der Waals surface area contributed by atoms with E-state index in [1.54, 1.807) is 0 Å². The topological polar surface area (TPSA) is 34.2 Å². The fourth-order valence-corrected chi connectivity index (χ4v) is 6.50. The van der Waals surface area contributed by atoms with Crippen molar-refractivity contribution in [1.82, 2.24) is 9.55 Å². The Hall–Kier alpha value is -6.13. The minimum absolute atomic E-state index is 0.785. The van der Waals surface area contributed by atoms with Crippen LogP contribution in [-0.4, -0.2) is 9.55 Å². The number of anilines is 3. The molecule has 3 heterocycles. The molecule has 0 bridgehead atoms. The summed E-state index contributed by atoms with van der Waals surface area (Å²) in [6.45, 7) is 0. The highest BCUT2D eigenvalue weighted by Gasteiger charge is 2.17. The van der Waals surface area contributed by atoms with Gasteiger partial charge in [-0.2, -0.15) is 0 Å². The lowest BCUT2D eigenvalue weighted by Crippen LogP contribution is -2.11. The Balaban J connectivity index is 1.09. The summed E-state index contributed by atoms with van der Waals surface area (Å²) in [6, 6.07) is 57.3. The predicted molar refractivity (Wildman–Crippen MR) is 186 cm³/mol. The highest BCUT2D eigenvalue weighted by molar-refractivity contribution is 6.09. The molecule has 4 nitrogen and oxygen atoms in total. The van der Waals surface area contributed by atoms with Gasteiger partial charge in [0, 0.05) is 33.2 Å². The van der Waals surface area contributed by atoms with Crippen molar-refractivity contribution < 1.29 is 4.42 Å². The smallest absolute Gasteiger partial charge is 0.154 e. The van der Waals surface area contributed by atoms with Gasteiger partial charge in [0.15, 0.2) is 5.58 Å². The lowest BCUT2D eigenvalue weighted by Gasteiger charge is -2.24. The van der Waals surface area contributed by atoms with Gasteiger partial charge >= 0.3 is 0 Å². The molecular weight excluding hydrogens is 550 g/mol. The number of furan rings is 1. The minimum Gasteiger partial charge on any atom is -0.454 e. The normalized spacial score (nSPS) is 11.6. The molecule has 45 heavy (non-hydrogen) atoms. The summed E-state index contributed by atoms with van der Waals surface area (Å²) in [6.07, 6.45) is 0. The van der Waals surface area contributed by atoms with Crippen molar-refractivity contribution in [1.29, 1.82) is 0 Å². The molecule has 9 rings (SSSR count). The minimum atomic E-state index is 0.785. The van der Waals surface area contributed by atoms with Gasteiger partial charge in [0.1, 0.15) is 16.9 Å². The van der Waals surface area contributed by atoms with Crippen LogP contribution in [0.25, 0.3) is 60.7 Å². The largest absolute Gasteiger partial charge is 0.454 e. The van der Waals surface area contributed by atoms with Gasteiger partial charge in [0.05, 0.1) is 11.0 Å². The number of benzene rings is 6. The molecule has 9 aromatic rings. The molecule has 0 amide bonds. The zero-order valence-corrected chi connectivity index (χ0v) is 24.3. The number of pyridine rings is 1. The molecule has 6 aromatic carbocycles. The third-order valence-electron chi connectivity index (χ3n) is 8.61. The van der Waals surface area contributed by atoms with E-state index in [1.807, 2.05) is 36.4 Å². The molecule has 0 saturated carbocycles. The molecule has 0 N–H and O–H groups in total. The van der Waals surface area contributed by atoms with E-state index in [2.05, 4.69) is 137 Å². The van der Waals surface area contributed by atoms with Crippen molar-refractivity contribution >= 4 is 61.1 Å². The summed E-state index contributed by atoms with van der Waals surface area (Å²) < 4.78 is 8.40. The van der Waals surface area contributed by atoms with Crippen LogP contribution in [-0.2, 0) is 0 Å². The number of aromatic nitrogens is 2. The van der Waals surface area contributed by atoms with Gasteiger partial charge in [0.25, 0.3) is 0 Å². The van der Waals surface area contributed by atoms with E-state index < -0.39 is 0 Å². The van der Waals surface area contributed by atoms with E-state index >= 15 is 0 Å². The van der Waals surface area contributed by atoms with Crippen LogP contribution in [0.1, 0.15) is 0 Å². The molecule has 0 saturated heterocycles.